The van der Waals surface area contributed by atoms with Gasteiger partial charge in [0, 0.05) is 30.2 Å². The van der Waals surface area contributed by atoms with E-state index in [4.69, 9.17) is 4.74 Å². The minimum atomic E-state index is 0.356. The average Bonchev–Trinajstić information content (AvgIpc) is 2.61. The largest absolute Gasteiger partial charge is 0.496 e. The van der Waals surface area contributed by atoms with Crippen molar-refractivity contribution in [1.29, 1.82) is 0 Å². The highest BCUT2D eigenvalue weighted by Crippen LogP contribution is 2.27. The van der Waals surface area contributed by atoms with Gasteiger partial charge in [0.1, 0.15) is 5.75 Å². The fourth-order valence-corrected chi connectivity index (χ4v) is 3.40. The third-order valence-electron chi connectivity index (χ3n) is 4.68. The summed E-state index contributed by atoms with van der Waals surface area (Å²) in [6.07, 6.45) is 2.38. The molecule has 0 bridgehead atoms. The van der Waals surface area contributed by atoms with Crippen LogP contribution in [0.1, 0.15) is 36.9 Å². The second-order valence-electron chi connectivity index (χ2n) is 6.33. The predicted octanol–water partition coefficient (Wildman–Crippen LogP) is 3.67. The summed E-state index contributed by atoms with van der Waals surface area (Å²) in [5.74, 6) is 0.952. The lowest BCUT2D eigenvalue weighted by atomic mass is 9.89. The molecule has 3 atom stereocenters. The van der Waals surface area contributed by atoms with Crippen LogP contribution in [0.15, 0.2) is 54.6 Å². The Morgan fingerprint density at radius 2 is 1.78 bits per heavy atom. The number of hydrogen-bond donors (Lipinski definition) is 2. The van der Waals surface area contributed by atoms with Gasteiger partial charge in [0.25, 0.3) is 0 Å². The number of para-hydroxylation sites is 1. The monoisotopic (exact) mass is 310 g/mol. The Hall–Kier alpha value is -1.84. The van der Waals surface area contributed by atoms with Crippen LogP contribution in [0.2, 0.25) is 0 Å². The molecule has 0 aromatic heterocycles. The van der Waals surface area contributed by atoms with Gasteiger partial charge in [0.05, 0.1) is 7.11 Å². The van der Waals surface area contributed by atoms with Crippen molar-refractivity contribution in [3.05, 3.63) is 65.7 Å². The molecule has 1 heterocycles. The molecular formula is C20H26N2O. The van der Waals surface area contributed by atoms with Gasteiger partial charge in [0.2, 0.25) is 0 Å². The minimum Gasteiger partial charge on any atom is -0.496 e. The maximum absolute atomic E-state index is 5.46. The summed E-state index contributed by atoms with van der Waals surface area (Å²) in [5, 5.41) is 7.49. The van der Waals surface area contributed by atoms with Gasteiger partial charge in [-0.05, 0) is 31.4 Å². The number of benzene rings is 2. The standard InChI is InChI=1S/C20H26N2O/c1-15-12-13-18(20(22-15)16-8-4-3-5-9-16)21-14-17-10-6-7-11-19(17)23-2/h3-11,15,18,20-22H,12-14H2,1-2H3. The van der Waals surface area contributed by atoms with Crippen LogP contribution in [0.3, 0.4) is 0 Å². The summed E-state index contributed by atoms with van der Waals surface area (Å²) in [5.41, 5.74) is 2.57. The first-order chi connectivity index (χ1) is 11.3. The first-order valence-electron chi connectivity index (χ1n) is 8.44. The van der Waals surface area contributed by atoms with Crippen LogP contribution in [0.5, 0.6) is 5.75 Å². The molecular weight excluding hydrogens is 284 g/mol. The maximum Gasteiger partial charge on any atom is 0.123 e. The van der Waals surface area contributed by atoms with Gasteiger partial charge < -0.3 is 15.4 Å². The average molecular weight is 310 g/mol. The molecule has 2 aromatic rings. The number of rotatable bonds is 5. The van der Waals surface area contributed by atoms with E-state index >= 15 is 0 Å². The zero-order chi connectivity index (χ0) is 16.1. The molecule has 1 saturated heterocycles. The Morgan fingerprint density at radius 3 is 2.57 bits per heavy atom. The Bertz CT molecular complexity index is 614. The van der Waals surface area contributed by atoms with Crippen LogP contribution in [0, 0.1) is 0 Å². The molecule has 2 aromatic carbocycles. The predicted molar refractivity (Wildman–Crippen MR) is 94.6 cm³/mol. The molecule has 3 heteroatoms. The van der Waals surface area contributed by atoms with Gasteiger partial charge in [-0.1, -0.05) is 48.5 Å². The summed E-state index contributed by atoms with van der Waals surface area (Å²) in [6.45, 7) is 3.10. The van der Waals surface area contributed by atoms with Crippen LogP contribution in [-0.2, 0) is 6.54 Å². The van der Waals surface area contributed by atoms with Gasteiger partial charge in [-0.2, -0.15) is 0 Å². The number of nitrogens with one attached hydrogen (secondary N) is 2. The smallest absolute Gasteiger partial charge is 0.123 e. The fraction of sp³-hybridized carbons (Fsp3) is 0.400. The molecule has 23 heavy (non-hydrogen) atoms. The molecule has 3 nitrogen and oxygen atoms in total. The van der Waals surface area contributed by atoms with E-state index in [-0.39, 0.29) is 0 Å². The highest BCUT2D eigenvalue weighted by Gasteiger charge is 2.28. The second-order valence-corrected chi connectivity index (χ2v) is 6.33. The van der Waals surface area contributed by atoms with Crippen molar-refractivity contribution >= 4 is 0 Å². The van der Waals surface area contributed by atoms with Gasteiger partial charge in [-0.3, -0.25) is 0 Å². The molecule has 2 N–H and O–H groups in total. The van der Waals surface area contributed by atoms with E-state index in [0.717, 1.165) is 12.3 Å². The molecule has 3 unspecified atom stereocenters. The molecule has 0 radical (unpaired) electrons. The van der Waals surface area contributed by atoms with Gasteiger partial charge in [0.15, 0.2) is 0 Å². The molecule has 3 rings (SSSR count). The van der Waals surface area contributed by atoms with Crippen molar-refractivity contribution in [2.75, 3.05) is 7.11 Å². The minimum absolute atomic E-state index is 0.356. The molecule has 122 valence electrons. The zero-order valence-corrected chi connectivity index (χ0v) is 14.0. The SMILES string of the molecule is COc1ccccc1CNC1CCC(C)NC1c1ccccc1. The molecule has 0 aliphatic carbocycles. The maximum atomic E-state index is 5.46. The molecule has 0 amide bonds. The van der Waals surface area contributed by atoms with Crippen molar-refractivity contribution < 1.29 is 4.74 Å². The third kappa shape index (κ3) is 3.92. The summed E-state index contributed by atoms with van der Waals surface area (Å²) in [6, 6.07) is 20.3. The van der Waals surface area contributed by atoms with Crippen LogP contribution < -0.4 is 15.4 Å². The molecule has 0 saturated carbocycles. The first-order valence-corrected chi connectivity index (χ1v) is 8.44. The van der Waals surface area contributed by atoms with Crippen molar-refractivity contribution in [2.24, 2.45) is 0 Å². The normalized spacial score (nSPS) is 24.3. The molecule has 1 aliphatic heterocycles. The lowest BCUT2D eigenvalue weighted by molar-refractivity contribution is 0.260. The Morgan fingerprint density at radius 1 is 1.04 bits per heavy atom. The summed E-state index contributed by atoms with van der Waals surface area (Å²) in [4.78, 5) is 0. The van der Waals surface area contributed by atoms with Gasteiger partial charge >= 0.3 is 0 Å². The Kier molecular flexibility index (Phi) is 5.31. The van der Waals surface area contributed by atoms with E-state index in [2.05, 4.69) is 60.0 Å². The summed E-state index contributed by atoms with van der Waals surface area (Å²) < 4.78 is 5.46. The van der Waals surface area contributed by atoms with Crippen LogP contribution >= 0.6 is 0 Å². The molecule has 0 spiro atoms. The van der Waals surface area contributed by atoms with Gasteiger partial charge in [-0.25, -0.2) is 0 Å². The van der Waals surface area contributed by atoms with Crippen LogP contribution in [0.25, 0.3) is 0 Å². The molecule has 1 aliphatic rings. The fourth-order valence-electron chi connectivity index (χ4n) is 3.40. The van der Waals surface area contributed by atoms with Crippen molar-refractivity contribution in [3.63, 3.8) is 0 Å². The Balaban J connectivity index is 1.72. The van der Waals surface area contributed by atoms with E-state index in [1.54, 1.807) is 7.11 Å². The number of piperidine rings is 1. The quantitative estimate of drug-likeness (QED) is 0.884. The van der Waals surface area contributed by atoms with Gasteiger partial charge in [-0.15, -0.1) is 0 Å². The van der Waals surface area contributed by atoms with E-state index < -0.39 is 0 Å². The highest BCUT2D eigenvalue weighted by molar-refractivity contribution is 5.33. The van der Waals surface area contributed by atoms with E-state index in [1.165, 1.54) is 24.0 Å². The van der Waals surface area contributed by atoms with Crippen LogP contribution in [0.4, 0.5) is 0 Å². The van der Waals surface area contributed by atoms with E-state index in [0.29, 0.717) is 18.1 Å². The van der Waals surface area contributed by atoms with E-state index in [1.807, 2.05) is 12.1 Å². The highest BCUT2D eigenvalue weighted by atomic mass is 16.5. The number of hydrogen-bond acceptors (Lipinski definition) is 3. The van der Waals surface area contributed by atoms with Crippen molar-refractivity contribution in [1.82, 2.24) is 10.6 Å². The lowest BCUT2D eigenvalue weighted by Crippen LogP contribution is -2.49. The van der Waals surface area contributed by atoms with Crippen molar-refractivity contribution in [2.45, 2.75) is 44.4 Å². The third-order valence-corrected chi connectivity index (χ3v) is 4.68. The van der Waals surface area contributed by atoms with Crippen LogP contribution in [-0.4, -0.2) is 19.2 Å². The molecule has 1 fully saturated rings. The zero-order valence-electron chi connectivity index (χ0n) is 14.0. The Labute approximate surface area is 139 Å². The second kappa shape index (κ2) is 7.62. The lowest BCUT2D eigenvalue weighted by Gasteiger charge is -2.37. The van der Waals surface area contributed by atoms with Crippen molar-refractivity contribution in [3.8, 4) is 5.75 Å². The summed E-state index contributed by atoms with van der Waals surface area (Å²) >= 11 is 0. The summed E-state index contributed by atoms with van der Waals surface area (Å²) in [7, 11) is 1.73. The number of ether oxygens (including phenoxy) is 1. The number of methoxy groups -OCH3 is 1. The van der Waals surface area contributed by atoms with E-state index in [9.17, 15) is 0 Å². The first kappa shape index (κ1) is 16.0. The topological polar surface area (TPSA) is 33.3 Å².